The van der Waals surface area contributed by atoms with Crippen molar-refractivity contribution < 1.29 is 9.53 Å². The normalized spacial score (nSPS) is 11.9. The molecule has 0 aliphatic rings. The van der Waals surface area contributed by atoms with Gasteiger partial charge in [0.05, 0.1) is 13.2 Å². The molecule has 0 saturated heterocycles. The molecule has 3 aromatic carbocycles. The summed E-state index contributed by atoms with van der Waals surface area (Å²) in [6.07, 6.45) is 1.16. The molecule has 128 valence electrons. The van der Waals surface area contributed by atoms with Crippen molar-refractivity contribution in [3.63, 3.8) is 0 Å². The number of benzene rings is 3. The first-order valence-electron chi connectivity index (χ1n) is 8.57. The van der Waals surface area contributed by atoms with Gasteiger partial charge in [-0.3, -0.25) is 4.79 Å². The lowest BCUT2D eigenvalue weighted by Gasteiger charge is -2.17. The summed E-state index contributed by atoms with van der Waals surface area (Å²) < 4.78 is 5.22. The van der Waals surface area contributed by atoms with E-state index in [1.54, 1.807) is 7.11 Å². The summed E-state index contributed by atoms with van der Waals surface area (Å²) in [6, 6.07) is 22.3. The van der Waals surface area contributed by atoms with Crippen molar-refractivity contribution in [2.24, 2.45) is 0 Å². The molecular formula is C22H23NO2. The van der Waals surface area contributed by atoms with Crippen molar-refractivity contribution in [1.29, 1.82) is 0 Å². The molecule has 1 atom stereocenters. The van der Waals surface area contributed by atoms with Crippen LogP contribution in [0.25, 0.3) is 10.8 Å². The molecule has 0 spiro atoms. The molecule has 3 nitrogen and oxygen atoms in total. The molecule has 1 amide bonds. The van der Waals surface area contributed by atoms with Crippen LogP contribution in [0.1, 0.15) is 30.5 Å². The van der Waals surface area contributed by atoms with Gasteiger partial charge in [0.25, 0.3) is 0 Å². The molecule has 3 aromatic rings. The molecule has 3 heteroatoms. The monoisotopic (exact) mass is 333 g/mol. The number of carbonyl (C=O) groups excluding carboxylic acids is 1. The Labute approximate surface area is 148 Å². The zero-order chi connectivity index (χ0) is 17.6. The van der Waals surface area contributed by atoms with Gasteiger partial charge in [0.2, 0.25) is 5.91 Å². The lowest BCUT2D eigenvalue weighted by atomic mass is 9.99. The van der Waals surface area contributed by atoms with E-state index in [0.717, 1.165) is 16.9 Å². The third-order valence-corrected chi connectivity index (χ3v) is 4.44. The fraction of sp³-hybridized carbons (Fsp3) is 0.227. The van der Waals surface area contributed by atoms with E-state index in [9.17, 15) is 4.79 Å². The van der Waals surface area contributed by atoms with Crippen molar-refractivity contribution in [2.75, 3.05) is 7.11 Å². The van der Waals surface area contributed by atoms with Crippen LogP contribution in [0.5, 0.6) is 5.75 Å². The van der Waals surface area contributed by atoms with Crippen LogP contribution in [0, 0.1) is 0 Å². The third kappa shape index (κ3) is 4.18. The van der Waals surface area contributed by atoms with Gasteiger partial charge in [-0.1, -0.05) is 54.6 Å². The molecule has 0 aliphatic carbocycles. The average molecular weight is 333 g/mol. The number of hydrogen-bond donors (Lipinski definition) is 1. The Bertz CT molecular complexity index is 867. The topological polar surface area (TPSA) is 38.3 Å². The maximum atomic E-state index is 12.3. The number of rotatable bonds is 6. The summed E-state index contributed by atoms with van der Waals surface area (Å²) in [4.78, 5) is 12.3. The number of fused-ring (bicyclic) bond motifs is 1. The first-order valence-corrected chi connectivity index (χ1v) is 8.57. The predicted octanol–water partition coefficient (Wildman–Crippen LogP) is 4.66. The smallest absolute Gasteiger partial charge is 0.220 e. The molecule has 3 rings (SSSR count). The number of ether oxygens (including phenoxy) is 1. The number of methoxy groups -OCH3 is 1. The molecule has 0 aliphatic heterocycles. The van der Waals surface area contributed by atoms with Crippen LogP contribution in [-0.2, 0) is 11.2 Å². The number of carbonyl (C=O) groups is 1. The van der Waals surface area contributed by atoms with Crippen LogP contribution in [0.3, 0.4) is 0 Å². The molecule has 25 heavy (non-hydrogen) atoms. The highest BCUT2D eigenvalue weighted by Crippen LogP contribution is 2.24. The first kappa shape index (κ1) is 17.0. The van der Waals surface area contributed by atoms with Crippen LogP contribution in [0.4, 0.5) is 0 Å². The molecule has 0 bridgehead atoms. The first-order chi connectivity index (χ1) is 12.2. The van der Waals surface area contributed by atoms with Gasteiger partial charge < -0.3 is 10.1 Å². The number of amides is 1. The van der Waals surface area contributed by atoms with Gasteiger partial charge in [-0.2, -0.15) is 0 Å². The summed E-state index contributed by atoms with van der Waals surface area (Å²) >= 11 is 0. The van der Waals surface area contributed by atoms with Crippen LogP contribution in [-0.4, -0.2) is 13.0 Å². The van der Waals surface area contributed by atoms with Gasteiger partial charge >= 0.3 is 0 Å². The second kappa shape index (κ2) is 7.84. The van der Waals surface area contributed by atoms with Crippen molar-refractivity contribution in [2.45, 2.75) is 25.8 Å². The van der Waals surface area contributed by atoms with E-state index in [-0.39, 0.29) is 11.9 Å². The summed E-state index contributed by atoms with van der Waals surface area (Å²) in [5.74, 6) is 0.880. The summed E-state index contributed by atoms with van der Waals surface area (Å²) in [7, 11) is 1.65. The minimum Gasteiger partial charge on any atom is -0.497 e. The Balaban J connectivity index is 1.64. The van der Waals surface area contributed by atoms with Crippen LogP contribution in [0.15, 0.2) is 66.7 Å². The van der Waals surface area contributed by atoms with E-state index in [0.29, 0.717) is 12.8 Å². The van der Waals surface area contributed by atoms with Gasteiger partial charge in [0.1, 0.15) is 5.75 Å². The second-order valence-corrected chi connectivity index (χ2v) is 6.21. The molecule has 0 fully saturated rings. The standard InChI is InChI=1S/C22H23NO2/c1-16(20-12-6-9-18-8-3-4-11-21(18)20)23-22(24)14-13-17-7-5-10-19(15-17)25-2/h3-12,15-16H,13-14H2,1-2H3,(H,23,24). The number of hydrogen-bond acceptors (Lipinski definition) is 2. The maximum absolute atomic E-state index is 12.3. The van der Waals surface area contributed by atoms with E-state index in [4.69, 9.17) is 4.74 Å². The van der Waals surface area contributed by atoms with Gasteiger partial charge in [0.15, 0.2) is 0 Å². The van der Waals surface area contributed by atoms with Crippen LogP contribution in [0.2, 0.25) is 0 Å². The highest BCUT2D eigenvalue weighted by molar-refractivity contribution is 5.86. The fourth-order valence-electron chi connectivity index (χ4n) is 3.11. The molecule has 0 saturated carbocycles. The summed E-state index contributed by atoms with van der Waals surface area (Å²) in [5, 5.41) is 5.49. The van der Waals surface area contributed by atoms with E-state index in [1.165, 1.54) is 10.8 Å². The molecule has 0 radical (unpaired) electrons. The SMILES string of the molecule is COc1cccc(CCC(=O)NC(C)c2cccc3ccccc23)c1. The van der Waals surface area contributed by atoms with E-state index in [2.05, 4.69) is 29.6 Å². The van der Waals surface area contributed by atoms with Crippen LogP contribution < -0.4 is 10.1 Å². The zero-order valence-electron chi connectivity index (χ0n) is 14.7. The maximum Gasteiger partial charge on any atom is 0.220 e. The minimum atomic E-state index is -0.0242. The van der Waals surface area contributed by atoms with Gasteiger partial charge in [-0.15, -0.1) is 0 Å². The lowest BCUT2D eigenvalue weighted by molar-refractivity contribution is -0.121. The lowest BCUT2D eigenvalue weighted by Crippen LogP contribution is -2.26. The van der Waals surface area contributed by atoms with Gasteiger partial charge in [-0.25, -0.2) is 0 Å². The average Bonchev–Trinajstić information content (AvgIpc) is 2.66. The molecule has 0 heterocycles. The van der Waals surface area contributed by atoms with Crippen molar-refractivity contribution in [3.8, 4) is 5.75 Å². The Hall–Kier alpha value is -2.81. The Morgan fingerprint density at radius 1 is 1.04 bits per heavy atom. The van der Waals surface area contributed by atoms with Gasteiger partial charge in [0, 0.05) is 6.42 Å². The fourth-order valence-corrected chi connectivity index (χ4v) is 3.11. The van der Waals surface area contributed by atoms with E-state index < -0.39 is 0 Å². The molecule has 0 aromatic heterocycles. The minimum absolute atomic E-state index is 0.0242. The molecule has 1 unspecified atom stereocenters. The Morgan fingerprint density at radius 2 is 1.80 bits per heavy atom. The summed E-state index contributed by atoms with van der Waals surface area (Å²) in [5.41, 5.74) is 2.25. The largest absolute Gasteiger partial charge is 0.497 e. The van der Waals surface area contributed by atoms with Crippen LogP contribution >= 0.6 is 0 Å². The van der Waals surface area contributed by atoms with Crippen molar-refractivity contribution >= 4 is 16.7 Å². The number of aryl methyl sites for hydroxylation is 1. The Kier molecular flexibility index (Phi) is 5.34. The highest BCUT2D eigenvalue weighted by atomic mass is 16.5. The third-order valence-electron chi connectivity index (χ3n) is 4.44. The van der Waals surface area contributed by atoms with E-state index >= 15 is 0 Å². The van der Waals surface area contributed by atoms with Crippen molar-refractivity contribution in [3.05, 3.63) is 77.9 Å². The number of nitrogens with one attached hydrogen (secondary N) is 1. The van der Waals surface area contributed by atoms with E-state index in [1.807, 2.05) is 49.4 Å². The summed E-state index contributed by atoms with van der Waals surface area (Å²) in [6.45, 7) is 2.03. The Morgan fingerprint density at radius 3 is 2.64 bits per heavy atom. The quantitative estimate of drug-likeness (QED) is 0.712. The zero-order valence-corrected chi connectivity index (χ0v) is 14.7. The molecule has 1 N–H and O–H groups in total. The second-order valence-electron chi connectivity index (χ2n) is 6.21. The highest BCUT2D eigenvalue weighted by Gasteiger charge is 2.12. The molecular weight excluding hydrogens is 310 g/mol. The van der Waals surface area contributed by atoms with Crippen molar-refractivity contribution in [1.82, 2.24) is 5.32 Å². The van der Waals surface area contributed by atoms with Gasteiger partial charge in [-0.05, 0) is 47.4 Å². The predicted molar refractivity (Wildman–Crippen MR) is 102 cm³/mol.